The largest absolute Gasteiger partial charge is 0.383 e. The fourth-order valence-corrected chi connectivity index (χ4v) is 2.97. The number of ether oxygens (including phenoxy) is 2. The molecular weight excluding hydrogens is 246 g/mol. The number of nitrogens with zero attached hydrogens (tertiary/aromatic N) is 2. The number of carbonyl (C=O) groups is 1. The molecular formula is C13H19N3O3. The van der Waals surface area contributed by atoms with Gasteiger partial charge in [-0.05, 0) is 12.8 Å². The molecule has 1 spiro atoms. The van der Waals surface area contributed by atoms with E-state index in [9.17, 15) is 4.79 Å². The Morgan fingerprint density at radius 1 is 1.58 bits per heavy atom. The van der Waals surface area contributed by atoms with Crippen molar-refractivity contribution in [3.63, 3.8) is 0 Å². The number of aromatic nitrogens is 2. The summed E-state index contributed by atoms with van der Waals surface area (Å²) in [5, 5.41) is 4.04. The lowest BCUT2D eigenvalue weighted by molar-refractivity contribution is -0.0920. The molecule has 3 heterocycles. The third-order valence-electron chi connectivity index (χ3n) is 4.18. The van der Waals surface area contributed by atoms with Gasteiger partial charge >= 0.3 is 0 Å². The van der Waals surface area contributed by atoms with Gasteiger partial charge in [0, 0.05) is 32.6 Å². The Bertz CT molecular complexity index is 491. The molecule has 0 bridgehead atoms. The average Bonchev–Trinajstić information content (AvgIpc) is 2.98. The van der Waals surface area contributed by atoms with Crippen molar-refractivity contribution in [1.82, 2.24) is 9.78 Å². The molecule has 104 valence electrons. The van der Waals surface area contributed by atoms with E-state index in [2.05, 4.69) is 5.10 Å². The molecule has 2 unspecified atom stereocenters. The van der Waals surface area contributed by atoms with Gasteiger partial charge in [0.15, 0.2) is 5.78 Å². The maximum Gasteiger partial charge on any atom is 0.171 e. The van der Waals surface area contributed by atoms with Crippen molar-refractivity contribution in [2.45, 2.75) is 24.9 Å². The van der Waals surface area contributed by atoms with Crippen molar-refractivity contribution >= 4 is 11.6 Å². The topological polar surface area (TPSA) is 79.4 Å². The quantitative estimate of drug-likeness (QED) is 0.799. The summed E-state index contributed by atoms with van der Waals surface area (Å²) in [7, 11) is 1.74. The minimum atomic E-state index is -0.254. The Morgan fingerprint density at radius 3 is 3.05 bits per heavy atom. The minimum absolute atomic E-state index is 0.0399. The average molecular weight is 265 g/mol. The number of aryl methyl sites for hydroxylation is 1. The number of Topliss-reactive ketones (excluding diaryl/α,β-unsaturated/α-hetero) is 1. The first-order valence-electron chi connectivity index (χ1n) is 6.65. The van der Waals surface area contributed by atoms with Gasteiger partial charge < -0.3 is 15.2 Å². The van der Waals surface area contributed by atoms with E-state index in [0.29, 0.717) is 24.6 Å². The van der Waals surface area contributed by atoms with E-state index in [0.717, 1.165) is 25.9 Å². The fraction of sp³-hybridized carbons (Fsp3) is 0.692. The van der Waals surface area contributed by atoms with Crippen LogP contribution in [0, 0.1) is 5.92 Å². The SMILES string of the molecule is Cn1ncc(C(=O)C2CCOC3(CCOC3)C2)c1N. The Balaban J connectivity index is 1.78. The second-order valence-electron chi connectivity index (χ2n) is 5.46. The second kappa shape index (κ2) is 4.61. The van der Waals surface area contributed by atoms with E-state index in [4.69, 9.17) is 15.2 Å². The summed E-state index contributed by atoms with van der Waals surface area (Å²) in [6, 6.07) is 0. The van der Waals surface area contributed by atoms with Crippen LogP contribution in [0.5, 0.6) is 0 Å². The highest BCUT2D eigenvalue weighted by Crippen LogP contribution is 2.37. The summed E-state index contributed by atoms with van der Waals surface area (Å²) >= 11 is 0. The number of hydrogen-bond acceptors (Lipinski definition) is 5. The predicted octanol–water partition coefficient (Wildman–Crippen LogP) is 0.771. The van der Waals surface area contributed by atoms with E-state index in [1.807, 2.05) is 0 Å². The van der Waals surface area contributed by atoms with Crippen LogP contribution in [-0.2, 0) is 16.5 Å². The van der Waals surface area contributed by atoms with E-state index >= 15 is 0 Å². The zero-order valence-electron chi connectivity index (χ0n) is 11.1. The number of carbonyl (C=O) groups excluding carboxylic acids is 1. The molecule has 2 N–H and O–H groups in total. The lowest BCUT2D eigenvalue weighted by atomic mass is 9.81. The van der Waals surface area contributed by atoms with Gasteiger partial charge in [-0.1, -0.05) is 0 Å². The van der Waals surface area contributed by atoms with Crippen LogP contribution in [0.4, 0.5) is 5.82 Å². The van der Waals surface area contributed by atoms with Crippen LogP contribution < -0.4 is 5.73 Å². The molecule has 3 rings (SSSR count). The first-order valence-corrected chi connectivity index (χ1v) is 6.65. The molecule has 6 nitrogen and oxygen atoms in total. The van der Waals surface area contributed by atoms with Crippen molar-refractivity contribution in [3.8, 4) is 0 Å². The highest BCUT2D eigenvalue weighted by Gasteiger charge is 2.43. The highest BCUT2D eigenvalue weighted by molar-refractivity contribution is 6.01. The van der Waals surface area contributed by atoms with Gasteiger partial charge in [-0.3, -0.25) is 9.48 Å². The monoisotopic (exact) mass is 265 g/mol. The second-order valence-corrected chi connectivity index (χ2v) is 5.46. The third-order valence-corrected chi connectivity index (χ3v) is 4.18. The molecule has 0 saturated carbocycles. The van der Waals surface area contributed by atoms with E-state index < -0.39 is 0 Å². The zero-order valence-corrected chi connectivity index (χ0v) is 11.1. The Morgan fingerprint density at radius 2 is 2.42 bits per heavy atom. The molecule has 0 aromatic carbocycles. The van der Waals surface area contributed by atoms with E-state index in [-0.39, 0.29) is 17.3 Å². The van der Waals surface area contributed by atoms with E-state index in [1.54, 1.807) is 13.2 Å². The van der Waals surface area contributed by atoms with Gasteiger partial charge in [0.25, 0.3) is 0 Å². The van der Waals surface area contributed by atoms with Crippen molar-refractivity contribution in [2.24, 2.45) is 13.0 Å². The molecule has 2 fully saturated rings. The molecule has 0 radical (unpaired) electrons. The Hall–Kier alpha value is -1.40. The van der Waals surface area contributed by atoms with Crippen LogP contribution in [0.3, 0.4) is 0 Å². The Kier molecular flexibility index (Phi) is 3.06. The van der Waals surface area contributed by atoms with Crippen molar-refractivity contribution in [3.05, 3.63) is 11.8 Å². The Labute approximate surface area is 111 Å². The van der Waals surface area contributed by atoms with Gasteiger partial charge in [0.05, 0.1) is 24.0 Å². The van der Waals surface area contributed by atoms with Crippen LogP contribution in [0.25, 0.3) is 0 Å². The third kappa shape index (κ3) is 2.15. The lowest BCUT2D eigenvalue weighted by Gasteiger charge is -2.36. The first kappa shape index (κ1) is 12.6. The summed E-state index contributed by atoms with van der Waals surface area (Å²) in [6.07, 6.45) is 3.90. The summed E-state index contributed by atoms with van der Waals surface area (Å²) < 4.78 is 12.8. The highest BCUT2D eigenvalue weighted by atomic mass is 16.6. The maximum atomic E-state index is 12.5. The van der Waals surface area contributed by atoms with Gasteiger partial charge in [-0.2, -0.15) is 5.10 Å². The van der Waals surface area contributed by atoms with Gasteiger partial charge in [-0.25, -0.2) is 0 Å². The summed E-state index contributed by atoms with van der Waals surface area (Å²) in [5.41, 5.74) is 6.16. The summed E-state index contributed by atoms with van der Waals surface area (Å²) in [5.74, 6) is 0.482. The number of anilines is 1. The molecule has 1 aromatic heterocycles. The van der Waals surface area contributed by atoms with Crippen LogP contribution in [0.2, 0.25) is 0 Å². The molecule has 2 aliphatic heterocycles. The first-order chi connectivity index (χ1) is 9.11. The molecule has 2 atom stereocenters. The molecule has 19 heavy (non-hydrogen) atoms. The molecule has 2 saturated heterocycles. The number of ketones is 1. The standard InChI is InChI=1S/C13H19N3O3/c1-16-12(14)10(7-15-16)11(17)9-2-4-19-13(6-9)3-5-18-8-13/h7,9H,2-6,8,14H2,1H3. The molecule has 0 amide bonds. The number of nitrogens with two attached hydrogens (primary N) is 1. The lowest BCUT2D eigenvalue weighted by Crippen LogP contribution is -2.42. The zero-order chi connectivity index (χ0) is 13.5. The van der Waals surface area contributed by atoms with Crippen LogP contribution in [-0.4, -0.2) is 41.0 Å². The smallest absolute Gasteiger partial charge is 0.171 e. The van der Waals surface area contributed by atoms with Gasteiger partial charge in [-0.15, -0.1) is 0 Å². The fourth-order valence-electron chi connectivity index (χ4n) is 2.97. The van der Waals surface area contributed by atoms with Gasteiger partial charge in [0.1, 0.15) is 5.82 Å². The summed E-state index contributed by atoms with van der Waals surface area (Å²) in [4.78, 5) is 12.5. The number of rotatable bonds is 2. The van der Waals surface area contributed by atoms with Crippen LogP contribution >= 0.6 is 0 Å². The van der Waals surface area contributed by atoms with Crippen molar-refractivity contribution < 1.29 is 14.3 Å². The minimum Gasteiger partial charge on any atom is -0.383 e. The number of nitrogen functional groups attached to an aromatic ring is 1. The van der Waals surface area contributed by atoms with Crippen molar-refractivity contribution in [1.29, 1.82) is 0 Å². The molecule has 0 aliphatic carbocycles. The van der Waals surface area contributed by atoms with Crippen LogP contribution in [0.15, 0.2) is 6.20 Å². The normalized spacial score (nSPS) is 30.9. The van der Waals surface area contributed by atoms with Gasteiger partial charge in [0.2, 0.25) is 0 Å². The maximum absolute atomic E-state index is 12.5. The molecule has 2 aliphatic rings. The number of hydrogen-bond donors (Lipinski definition) is 1. The molecule has 6 heteroatoms. The van der Waals surface area contributed by atoms with Crippen molar-refractivity contribution in [2.75, 3.05) is 25.6 Å². The van der Waals surface area contributed by atoms with E-state index in [1.165, 1.54) is 4.68 Å². The van der Waals surface area contributed by atoms with Crippen LogP contribution in [0.1, 0.15) is 29.6 Å². The molecule has 1 aromatic rings. The predicted molar refractivity (Wildman–Crippen MR) is 68.8 cm³/mol. The summed E-state index contributed by atoms with van der Waals surface area (Å²) in [6.45, 7) is 1.93.